The fourth-order valence-corrected chi connectivity index (χ4v) is 1.50. The quantitative estimate of drug-likeness (QED) is 0.434. The molecule has 0 bridgehead atoms. The number of nitrogen functional groups attached to an aromatic ring is 1. The van der Waals surface area contributed by atoms with Gasteiger partial charge >= 0.3 is 0 Å². The highest BCUT2D eigenvalue weighted by Gasteiger charge is 2.20. The second-order valence-corrected chi connectivity index (χ2v) is 4.59. The molecule has 0 spiro atoms. The normalized spacial score (nSPS) is 11.4. The van der Waals surface area contributed by atoms with E-state index < -0.39 is 0 Å². The molecule has 3 N–H and O–H groups in total. The summed E-state index contributed by atoms with van der Waals surface area (Å²) in [7, 11) is 3.84. The van der Waals surface area contributed by atoms with Gasteiger partial charge in [0.05, 0.1) is 20.7 Å². The number of ketones is 1. The summed E-state index contributed by atoms with van der Waals surface area (Å²) in [4.78, 5) is 11.9. The fraction of sp³-hybridized carbons (Fsp3) is 0.417. The van der Waals surface area contributed by atoms with Crippen molar-refractivity contribution in [3.63, 3.8) is 0 Å². The number of nitrogens with zero attached hydrogens (tertiary/aromatic N) is 1. The van der Waals surface area contributed by atoms with Gasteiger partial charge < -0.3 is 15.3 Å². The largest absolute Gasteiger partial charge is 0.399 e. The third-order valence-electron chi connectivity index (χ3n) is 2.51. The zero-order valence-corrected chi connectivity index (χ0v) is 9.81. The van der Waals surface area contributed by atoms with E-state index in [0.717, 1.165) is 0 Å². The SMILES string of the molecule is C[N+](C)(CCO)CC(=O)c1ccc(N)cc1. The highest BCUT2D eigenvalue weighted by molar-refractivity contribution is 5.97. The maximum atomic E-state index is 11.9. The molecule has 0 fully saturated rings. The number of quaternary nitrogens is 1. The van der Waals surface area contributed by atoms with E-state index >= 15 is 0 Å². The van der Waals surface area contributed by atoms with Crippen LogP contribution >= 0.6 is 0 Å². The smallest absolute Gasteiger partial charge is 0.216 e. The number of carbonyl (C=O) groups is 1. The summed E-state index contributed by atoms with van der Waals surface area (Å²) < 4.78 is 0.486. The Bertz CT molecular complexity index is 358. The number of nitrogens with two attached hydrogens (primary N) is 1. The van der Waals surface area contributed by atoms with Crippen LogP contribution in [0.3, 0.4) is 0 Å². The Morgan fingerprint density at radius 3 is 2.38 bits per heavy atom. The predicted octanol–water partition coefficient (Wildman–Crippen LogP) is 0.520. The first-order valence-electron chi connectivity index (χ1n) is 5.26. The molecule has 0 saturated carbocycles. The van der Waals surface area contributed by atoms with Crippen molar-refractivity contribution in [1.82, 2.24) is 0 Å². The lowest BCUT2D eigenvalue weighted by Crippen LogP contribution is -2.45. The van der Waals surface area contributed by atoms with Crippen LogP contribution < -0.4 is 5.73 Å². The van der Waals surface area contributed by atoms with E-state index in [2.05, 4.69) is 0 Å². The number of carbonyl (C=O) groups excluding carboxylic acids is 1. The van der Waals surface area contributed by atoms with Crippen molar-refractivity contribution in [3.05, 3.63) is 29.8 Å². The van der Waals surface area contributed by atoms with Crippen LogP contribution in [-0.2, 0) is 0 Å². The summed E-state index contributed by atoms with van der Waals surface area (Å²) in [5.74, 6) is 0.0680. The Balaban J connectivity index is 2.69. The molecular weight excluding hydrogens is 204 g/mol. The van der Waals surface area contributed by atoms with Crippen molar-refractivity contribution in [2.75, 3.05) is 39.5 Å². The fourth-order valence-electron chi connectivity index (χ4n) is 1.50. The van der Waals surface area contributed by atoms with Crippen molar-refractivity contribution in [2.24, 2.45) is 0 Å². The summed E-state index contributed by atoms with van der Waals surface area (Å²) in [5, 5.41) is 8.88. The maximum Gasteiger partial charge on any atom is 0.216 e. The van der Waals surface area contributed by atoms with Crippen molar-refractivity contribution < 1.29 is 14.4 Å². The Labute approximate surface area is 95.9 Å². The number of aliphatic hydroxyl groups is 1. The second kappa shape index (κ2) is 5.09. The average Bonchev–Trinajstić information content (AvgIpc) is 2.17. The number of benzene rings is 1. The van der Waals surface area contributed by atoms with Gasteiger partial charge in [-0.3, -0.25) is 4.79 Å². The van der Waals surface area contributed by atoms with Gasteiger partial charge in [-0.1, -0.05) is 0 Å². The van der Waals surface area contributed by atoms with E-state index in [1.807, 2.05) is 14.1 Å². The summed E-state index contributed by atoms with van der Waals surface area (Å²) >= 11 is 0. The zero-order valence-electron chi connectivity index (χ0n) is 9.81. The predicted molar refractivity (Wildman–Crippen MR) is 64.1 cm³/mol. The van der Waals surface area contributed by atoms with Crippen LogP contribution in [-0.4, -0.2) is 49.2 Å². The van der Waals surface area contributed by atoms with E-state index in [1.54, 1.807) is 24.3 Å². The first-order chi connectivity index (χ1) is 7.44. The molecule has 4 nitrogen and oxygen atoms in total. The molecule has 0 unspecified atom stereocenters. The minimum atomic E-state index is 0.0680. The van der Waals surface area contributed by atoms with Crippen molar-refractivity contribution in [3.8, 4) is 0 Å². The average molecular weight is 223 g/mol. The van der Waals surface area contributed by atoms with Gasteiger partial charge in [0.15, 0.2) is 0 Å². The van der Waals surface area contributed by atoms with E-state index in [-0.39, 0.29) is 12.4 Å². The van der Waals surface area contributed by atoms with Gasteiger partial charge in [0.2, 0.25) is 5.78 Å². The molecule has 0 aliphatic heterocycles. The molecule has 0 aliphatic carbocycles. The number of likely N-dealkylation sites (N-methyl/N-ethyl adjacent to an activating group) is 1. The van der Waals surface area contributed by atoms with E-state index in [0.29, 0.717) is 28.8 Å². The van der Waals surface area contributed by atoms with E-state index in [9.17, 15) is 4.79 Å². The minimum absolute atomic E-state index is 0.0680. The number of Topliss-reactive ketones (excluding diaryl/α,β-unsaturated/α-hetero) is 1. The summed E-state index contributed by atoms with van der Waals surface area (Å²) in [6.07, 6.45) is 0. The van der Waals surface area contributed by atoms with Crippen LogP contribution in [0, 0.1) is 0 Å². The van der Waals surface area contributed by atoms with Gasteiger partial charge in [0.25, 0.3) is 0 Å². The van der Waals surface area contributed by atoms with Gasteiger partial charge in [-0.2, -0.15) is 0 Å². The molecule has 0 atom stereocenters. The van der Waals surface area contributed by atoms with Crippen molar-refractivity contribution in [2.45, 2.75) is 0 Å². The summed E-state index contributed by atoms with van der Waals surface area (Å²) in [5.41, 5.74) is 6.87. The third-order valence-corrected chi connectivity index (χ3v) is 2.51. The number of hydrogen-bond donors (Lipinski definition) is 2. The van der Waals surface area contributed by atoms with Crippen LogP contribution in [0.5, 0.6) is 0 Å². The first-order valence-corrected chi connectivity index (χ1v) is 5.26. The molecule has 0 aliphatic rings. The van der Waals surface area contributed by atoms with Gasteiger partial charge in [-0.05, 0) is 24.3 Å². The number of hydrogen-bond acceptors (Lipinski definition) is 3. The van der Waals surface area contributed by atoms with Crippen LogP contribution in [0.2, 0.25) is 0 Å². The molecule has 88 valence electrons. The van der Waals surface area contributed by atoms with Gasteiger partial charge in [-0.25, -0.2) is 0 Å². The molecule has 1 aromatic rings. The molecule has 4 heteroatoms. The lowest BCUT2D eigenvalue weighted by Gasteiger charge is -2.27. The molecule has 1 rings (SSSR count). The van der Waals surface area contributed by atoms with E-state index in [4.69, 9.17) is 10.8 Å². The van der Waals surface area contributed by atoms with Crippen LogP contribution in [0.1, 0.15) is 10.4 Å². The zero-order chi connectivity index (χ0) is 12.2. The molecule has 0 radical (unpaired) electrons. The molecule has 0 saturated heterocycles. The molecule has 0 heterocycles. The molecule has 0 aromatic heterocycles. The number of anilines is 1. The molecule has 1 aromatic carbocycles. The van der Waals surface area contributed by atoms with Gasteiger partial charge in [0.1, 0.15) is 13.1 Å². The van der Waals surface area contributed by atoms with E-state index in [1.165, 1.54) is 0 Å². The van der Waals surface area contributed by atoms with Gasteiger partial charge in [0, 0.05) is 11.3 Å². The highest BCUT2D eigenvalue weighted by atomic mass is 16.3. The van der Waals surface area contributed by atoms with Crippen molar-refractivity contribution >= 4 is 11.5 Å². The third kappa shape index (κ3) is 3.64. The van der Waals surface area contributed by atoms with Crippen molar-refractivity contribution in [1.29, 1.82) is 0 Å². The Morgan fingerprint density at radius 1 is 1.31 bits per heavy atom. The standard InChI is InChI=1S/C12H18N2O2/c1-14(2,7-8-15)9-12(16)10-3-5-11(13)6-4-10/h3-6,15H,7-9H2,1-2H3,(H-,13,16)/p+1. The monoisotopic (exact) mass is 223 g/mol. The van der Waals surface area contributed by atoms with Crippen LogP contribution in [0.15, 0.2) is 24.3 Å². The number of rotatable bonds is 5. The van der Waals surface area contributed by atoms with Crippen LogP contribution in [0.4, 0.5) is 5.69 Å². The Hall–Kier alpha value is -1.39. The lowest BCUT2D eigenvalue weighted by molar-refractivity contribution is -0.882. The summed E-state index contributed by atoms with van der Waals surface area (Å²) in [6.45, 7) is 1.03. The lowest BCUT2D eigenvalue weighted by atomic mass is 10.1. The Kier molecular flexibility index (Phi) is 4.04. The summed E-state index contributed by atoms with van der Waals surface area (Å²) in [6, 6.07) is 6.91. The molecular formula is C12H19N2O2+. The highest BCUT2D eigenvalue weighted by Crippen LogP contribution is 2.08. The second-order valence-electron chi connectivity index (χ2n) is 4.59. The maximum absolute atomic E-state index is 11.9. The topological polar surface area (TPSA) is 63.3 Å². The number of aliphatic hydroxyl groups excluding tert-OH is 1. The first kappa shape index (κ1) is 12.7. The molecule has 16 heavy (non-hydrogen) atoms. The molecule has 0 amide bonds. The van der Waals surface area contributed by atoms with Crippen LogP contribution in [0.25, 0.3) is 0 Å². The van der Waals surface area contributed by atoms with Gasteiger partial charge in [-0.15, -0.1) is 0 Å². The minimum Gasteiger partial charge on any atom is -0.399 e. The Morgan fingerprint density at radius 2 is 1.88 bits per heavy atom.